The van der Waals surface area contributed by atoms with E-state index in [-0.39, 0.29) is 0 Å². The number of fused-ring (bicyclic) bond motifs is 1. The Balaban J connectivity index is 2.20. The molecule has 0 fully saturated rings. The maximum atomic E-state index is 4.20. The first-order valence-corrected chi connectivity index (χ1v) is 7.95. The molecule has 1 N–H and O–H groups in total. The molecule has 2 rings (SSSR count). The molecule has 0 spiro atoms. The van der Waals surface area contributed by atoms with Gasteiger partial charge in [0.2, 0.25) is 0 Å². The zero-order valence-corrected chi connectivity index (χ0v) is 12.7. The van der Waals surface area contributed by atoms with E-state index in [9.17, 15) is 0 Å². The maximum Gasteiger partial charge on any atom is 0.0415 e. The highest BCUT2D eigenvalue weighted by Crippen LogP contribution is 2.26. The fraction of sp³-hybridized carbons (Fsp3) is 0.438. The largest absolute Gasteiger partial charge is 0.312 e. The van der Waals surface area contributed by atoms with Crippen molar-refractivity contribution in [3.63, 3.8) is 0 Å². The topological polar surface area (TPSA) is 24.9 Å². The van der Waals surface area contributed by atoms with E-state index in [1.165, 1.54) is 22.1 Å². The lowest BCUT2D eigenvalue weighted by Crippen LogP contribution is -2.19. The number of aromatic nitrogens is 1. The number of nitrogens with zero attached hydrogens (tertiary/aromatic N) is 1. The Hall–Kier alpha value is -1.06. The lowest BCUT2D eigenvalue weighted by molar-refractivity contribution is 0.664. The van der Waals surface area contributed by atoms with Gasteiger partial charge in [-0.05, 0) is 35.7 Å². The molecule has 1 aromatic carbocycles. The van der Waals surface area contributed by atoms with Crippen LogP contribution in [-0.4, -0.2) is 23.5 Å². The molecule has 0 amide bonds. The molecule has 2 nitrogen and oxygen atoms in total. The predicted octanol–water partition coefficient (Wildman–Crippen LogP) is 3.88. The summed E-state index contributed by atoms with van der Waals surface area (Å²) in [6.45, 7) is 4.54. The summed E-state index contributed by atoms with van der Waals surface area (Å²) in [6.07, 6.45) is 3.81. The number of benzene rings is 1. The fourth-order valence-corrected chi connectivity index (χ4v) is 3.39. The van der Waals surface area contributed by atoms with E-state index in [2.05, 4.69) is 48.4 Å². The van der Waals surface area contributed by atoms with E-state index < -0.39 is 0 Å². The standard InChI is InChI=1S/C16H22N2S/c1-12(2)10-19-11-16(17-3)15-6-4-5-13-9-18-8-7-14(13)15/h4-9,12,16-17H,10-11H2,1-3H3. The van der Waals surface area contributed by atoms with Crippen LogP contribution in [0.2, 0.25) is 0 Å². The van der Waals surface area contributed by atoms with Gasteiger partial charge in [0, 0.05) is 29.6 Å². The van der Waals surface area contributed by atoms with Crippen molar-refractivity contribution in [3.05, 3.63) is 42.2 Å². The minimum absolute atomic E-state index is 0.398. The van der Waals surface area contributed by atoms with Gasteiger partial charge in [-0.25, -0.2) is 0 Å². The smallest absolute Gasteiger partial charge is 0.0415 e. The minimum Gasteiger partial charge on any atom is -0.312 e. The first kappa shape index (κ1) is 14.4. The number of hydrogen-bond acceptors (Lipinski definition) is 3. The molecule has 3 heteroatoms. The molecule has 19 heavy (non-hydrogen) atoms. The van der Waals surface area contributed by atoms with Crippen molar-refractivity contribution in [1.29, 1.82) is 0 Å². The Morgan fingerprint density at radius 3 is 2.79 bits per heavy atom. The lowest BCUT2D eigenvalue weighted by atomic mass is 10.0. The molecule has 0 aliphatic rings. The Labute approximate surface area is 120 Å². The van der Waals surface area contributed by atoms with Crippen LogP contribution in [0.5, 0.6) is 0 Å². The van der Waals surface area contributed by atoms with Crippen molar-refractivity contribution in [2.75, 3.05) is 18.6 Å². The monoisotopic (exact) mass is 274 g/mol. The number of hydrogen-bond donors (Lipinski definition) is 1. The lowest BCUT2D eigenvalue weighted by Gasteiger charge is -2.19. The van der Waals surface area contributed by atoms with Gasteiger partial charge in [0.1, 0.15) is 0 Å². The molecule has 1 aromatic heterocycles. The summed E-state index contributed by atoms with van der Waals surface area (Å²) >= 11 is 2.02. The summed E-state index contributed by atoms with van der Waals surface area (Å²) in [5.74, 6) is 3.07. The van der Waals surface area contributed by atoms with Crippen LogP contribution in [0.4, 0.5) is 0 Å². The van der Waals surface area contributed by atoms with Gasteiger partial charge < -0.3 is 5.32 Å². The molecule has 0 aliphatic carbocycles. The number of pyridine rings is 1. The second-order valence-corrected chi connectivity index (χ2v) is 6.29. The first-order chi connectivity index (χ1) is 9.22. The normalized spacial score (nSPS) is 13.1. The van der Waals surface area contributed by atoms with Crippen molar-refractivity contribution in [2.45, 2.75) is 19.9 Å². The Morgan fingerprint density at radius 1 is 1.21 bits per heavy atom. The van der Waals surface area contributed by atoms with Crippen molar-refractivity contribution < 1.29 is 0 Å². The molecule has 0 radical (unpaired) electrons. The first-order valence-electron chi connectivity index (χ1n) is 6.80. The molecule has 1 heterocycles. The van der Waals surface area contributed by atoms with Crippen molar-refractivity contribution >= 4 is 22.5 Å². The van der Waals surface area contributed by atoms with E-state index in [0.717, 1.165) is 11.7 Å². The summed E-state index contributed by atoms with van der Waals surface area (Å²) in [6, 6.07) is 8.98. The molecule has 1 atom stereocenters. The van der Waals surface area contributed by atoms with Gasteiger partial charge in [-0.2, -0.15) is 11.8 Å². The predicted molar refractivity (Wildman–Crippen MR) is 85.7 cm³/mol. The average Bonchev–Trinajstić information content (AvgIpc) is 2.43. The summed E-state index contributed by atoms with van der Waals surface area (Å²) in [5.41, 5.74) is 1.37. The van der Waals surface area contributed by atoms with Crippen LogP contribution < -0.4 is 5.32 Å². The number of rotatable bonds is 6. The Bertz CT molecular complexity index is 520. The van der Waals surface area contributed by atoms with Crippen LogP contribution in [0.3, 0.4) is 0 Å². The van der Waals surface area contributed by atoms with E-state index >= 15 is 0 Å². The van der Waals surface area contributed by atoms with Gasteiger partial charge in [0.25, 0.3) is 0 Å². The summed E-state index contributed by atoms with van der Waals surface area (Å²) in [5, 5.41) is 5.97. The second-order valence-electron chi connectivity index (χ2n) is 5.22. The van der Waals surface area contributed by atoms with Gasteiger partial charge in [-0.15, -0.1) is 0 Å². The highest BCUT2D eigenvalue weighted by atomic mass is 32.2. The highest BCUT2D eigenvalue weighted by molar-refractivity contribution is 7.99. The third kappa shape index (κ3) is 3.71. The van der Waals surface area contributed by atoms with Crippen LogP contribution in [0.1, 0.15) is 25.5 Å². The zero-order chi connectivity index (χ0) is 13.7. The number of thioether (sulfide) groups is 1. The SMILES string of the molecule is CNC(CSCC(C)C)c1cccc2cnccc12. The van der Waals surface area contributed by atoms with E-state index in [4.69, 9.17) is 0 Å². The molecule has 0 saturated heterocycles. The summed E-state index contributed by atoms with van der Waals surface area (Å²) < 4.78 is 0. The third-order valence-corrected chi connectivity index (χ3v) is 4.65. The van der Waals surface area contributed by atoms with E-state index in [0.29, 0.717) is 6.04 Å². The molecular weight excluding hydrogens is 252 g/mol. The van der Waals surface area contributed by atoms with Crippen LogP contribution in [0.15, 0.2) is 36.7 Å². The average molecular weight is 274 g/mol. The quantitative estimate of drug-likeness (QED) is 0.865. The molecule has 0 bridgehead atoms. The van der Waals surface area contributed by atoms with Crippen molar-refractivity contribution in [2.24, 2.45) is 5.92 Å². The van der Waals surface area contributed by atoms with Crippen LogP contribution in [0, 0.1) is 5.92 Å². The Kier molecular flexibility index (Phi) is 5.23. The van der Waals surface area contributed by atoms with Gasteiger partial charge in [0.05, 0.1) is 0 Å². The van der Waals surface area contributed by atoms with Gasteiger partial charge in [0.15, 0.2) is 0 Å². The van der Waals surface area contributed by atoms with Crippen molar-refractivity contribution in [3.8, 4) is 0 Å². The van der Waals surface area contributed by atoms with Crippen LogP contribution >= 0.6 is 11.8 Å². The maximum absolute atomic E-state index is 4.20. The third-order valence-electron chi connectivity index (χ3n) is 3.17. The van der Waals surface area contributed by atoms with Crippen LogP contribution in [-0.2, 0) is 0 Å². The highest BCUT2D eigenvalue weighted by Gasteiger charge is 2.12. The van der Waals surface area contributed by atoms with E-state index in [1.54, 1.807) is 0 Å². The molecule has 0 aliphatic heterocycles. The molecule has 0 saturated carbocycles. The molecule has 102 valence electrons. The molecule has 1 unspecified atom stereocenters. The molecular formula is C16H22N2S. The fourth-order valence-electron chi connectivity index (χ4n) is 2.20. The van der Waals surface area contributed by atoms with Gasteiger partial charge >= 0.3 is 0 Å². The summed E-state index contributed by atoms with van der Waals surface area (Å²) in [4.78, 5) is 4.20. The van der Waals surface area contributed by atoms with Gasteiger partial charge in [-0.1, -0.05) is 32.0 Å². The zero-order valence-electron chi connectivity index (χ0n) is 11.9. The summed E-state index contributed by atoms with van der Waals surface area (Å²) in [7, 11) is 2.04. The second kappa shape index (κ2) is 6.92. The molecule has 2 aromatic rings. The van der Waals surface area contributed by atoms with Gasteiger partial charge in [-0.3, -0.25) is 4.98 Å². The van der Waals surface area contributed by atoms with E-state index in [1.807, 2.05) is 31.2 Å². The van der Waals surface area contributed by atoms with Crippen LogP contribution in [0.25, 0.3) is 10.8 Å². The minimum atomic E-state index is 0.398. The Morgan fingerprint density at radius 2 is 2.05 bits per heavy atom. The van der Waals surface area contributed by atoms with Crippen molar-refractivity contribution in [1.82, 2.24) is 10.3 Å². The number of nitrogens with one attached hydrogen (secondary N) is 1.